The van der Waals surface area contributed by atoms with Crippen LogP contribution in [0.25, 0.3) is 0 Å². The molecule has 1 N–H and O–H groups in total. The fourth-order valence-electron chi connectivity index (χ4n) is 2.91. The molecule has 5 heteroatoms. The number of hydrogen-bond acceptors (Lipinski definition) is 3. The molecule has 0 spiro atoms. The lowest BCUT2D eigenvalue weighted by atomic mass is 9.97. The normalized spacial score (nSPS) is 24.8. The van der Waals surface area contributed by atoms with Gasteiger partial charge in [0.15, 0.2) is 0 Å². The average Bonchev–Trinajstić information content (AvgIpc) is 2.42. The molecule has 21 heavy (non-hydrogen) atoms. The van der Waals surface area contributed by atoms with Crippen molar-refractivity contribution in [3.05, 3.63) is 28.2 Å². The predicted molar refractivity (Wildman–Crippen MR) is 87.4 cm³/mol. The van der Waals surface area contributed by atoms with E-state index in [0.717, 1.165) is 0 Å². The molecule has 1 aromatic rings. The summed E-state index contributed by atoms with van der Waals surface area (Å²) in [5, 5.41) is 11.2. The minimum atomic E-state index is -0.528. The van der Waals surface area contributed by atoms with E-state index < -0.39 is 6.10 Å². The van der Waals surface area contributed by atoms with E-state index in [4.69, 9.17) is 27.9 Å². The number of nitrogens with zero attached hydrogens (tertiary/aromatic N) is 1. The van der Waals surface area contributed by atoms with E-state index in [2.05, 4.69) is 18.7 Å². The van der Waals surface area contributed by atoms with E-state index in [9.17, 15) is 5.11 Å². The number of rotatable bonds is 5. The molecule has 3 nitrogen and oxygen atoms in total. The highest BCUT2D eigenvalue weighted by atomic mass is 35.5. The summed E-state index contributed by atoms with van der Waals surface area (Å²) >= 11 is 11.9. The zero-order valence-electron chi connectivity index (χ0n) is 12.6. The van der Waals surface area contributed by atoms with E-state index in [1.54, 1.807) is 18.2 Å². The van der Waals surface area contributed by atoms with Crippen LogP contribution in [0.3, 0.4) is 0 Å². The van der Waals surface area contributed by atoms with Crippen molar-refractivity contribution in [2.75, 3.05) is 13.2 Å². The molecule has 1 heterocycles. The predicted octanol–water partition coefficient (Wildman–Crippen LogP) is 4.00. The maximum atomic E-state index is 10.2. The third-order valence-electron chi connectivity index (χ3n) is 4.12. The molecule has 1 fully saturated rings. The number of benzene rings is 1. The van der Waals surface area contributed by atoms with Crippen molar-refractivity contribution in [2.45, 2.75) is 51.3 Å². The standard InChI is InChI=1S/C16H23Cl2NO2/c1-11-4-3-5-12(2)19(11)9-14(20)10-21-16-7-6-13(17)8-15(16)18/h6-8,11-12,14,20H,3-5,9-10H2,1-2H3/t11-,12+,14-/m1/s1. The second-order valence-corrected chi connectivity index (χ2v) is 6.71. The zero-order chi connectivity index (χ0) is 15.4. The number of piperidine rings is 1. The number of β-amino-alcohol motifs (C(OH)–C–C–N with tert-alkyl or cyclic N) is 1. The van der Waals surface area contributed by atoms with Crippen LogP contribution in [0.2, 0.25) is 10.0 Å². The third-order valence-corrected chi connectivity index (χ3v) is 4.65. The highest BCUT2D eigenvalue weighted by molar-refractivity contribution is 6.35. The average molecular weight is 332 g/mol. The lowest BCUT2D eigenvalue weighted by Gasteiger charge is -2.40. The maximum absolute atomic E-state index is 10.2. The molecule has 0 amide bonds. The summed E-state index contributed by atoms with van der Waals surface area (Å²) in [4.78, 5) is 2.36. The Hall–Kier alpha value is -0.480. The van der Waals surface area contributed by atoms with Crippen LogP contribution in [0.15, 0.2) is 18.2 Å². The fourth-order valence-corrected chi connectivity index (χ4v) is 3.37. The second-order valence-electron chi connectivity index (χ2n) is 5.87. The molecular weight excluding hydrogens is 309 g/mol. The molecule has 1 aliphatic heterocycles. The van der Waals surface area contributed by atoms with Crippen LogP contribution in [-0.4, -0.2) is 41.3 Å². The Labute approximate surface area is 136 Å². The largest absolute Gasteiger partial charge is 0.489 e. The van der Waals surface area contributed by atoms with E-state index in [-0.39, 0.29) is 6.61 Å². The zero-order valence-corrected chi connectivity index (χ0v) is 14.1. The third kappa shape index (κ3) is 4.75. The summed E-state index contributed by atoms with van der Waals surface area (Å²) in [5.41, 5.74) is 0. The van der Waals surface area contributed by atoms with Gasteiger partial charge in [-0.25, -0.2) is 0 Å². The van der Waals surface area contributed by atoms with Crippen molar-refractivity contribution in [3.63, 3.8) is 0 Å². The van der Waals surface area contributed by atoms with Gasteiger partial charge in [0.2, 0.25) is 0 Å². The topological polar surface area (TPSA) is 32.7 Å². The molecule has 1 saturated heterocycles. The molecule has 0 saturated carbocycles. The van der Waals surface area contributed by atoms with Crippen molar-refractivity contribution in [1.29, 1.82) is 0 Å². The van der Waals surface area contributed by atoms with E-state index in [1.165, 1.54) is 19.3 Å². The lowest BCUT2D eigenvalue weighted by Crippen LogP contribution is -2.48. The first-order valence-electron chi connectivity index (χ1n) is 7.49. The van der Waals surface area contributed by atoms with Gasteiger partial charge >= 0.3 is 0 Å². The minimum absolute atomic E-state index is 0.233. The number of hydrogen-bond donors (Lipinski definition) is 1. The molecule has 3 atom stereocenters. The Morgan fingerprint density at radius 2 is 1.95 bits per heavy atom. The number of aliphatic hydroxyl groups is 1. The van der Waals surface area contributed by atoms with E-state index in [1.807, 2.05) is 0 Å². The van der Waals surface area contributed by atoms with Crippen molar-refractivity contribution in [2.24, 2.45) is 0 Å². The van der Waals surface area contributed by atoms with Gasteiger partial charge in [0.1, 0.15) is 18.5 Å². The molecule has 118 valence electrons. The van der Waals surface area contributed by atoms with Crippen LogP contribution in [0.5, 0.6) is 5.75 Å². The first kappa shape index (κ1) is 16.9. The molecular formula is C16H23Cl2NO2. The number of aliphatic hydroxyl groups excluding tert-OH is 1. The first-order chi connectivity index (χ1) is 9.97. The Morgan fingerprint density at radius 3 is 2.57 bits per heavy atom. The van der Waals surface area contributed by atoms with Gasteiger partial charge in [-0.1, -0.05) is 29.6 Å². The molecule has 0 aromatic heterocycles. The van der Waals surface area contributed by atoms with Crippen molar-refractivity contribution in [1.82, 2.24) is 4.90 Å². The molecule has 0 aliphatic carbocycles. The Bertz CT molecular complexity index is 460. The van der Waals surface area contributed by atoms with Crippen LogP contribution in [0, 0.1) is 0 Å². The summed E-state index contributed by atoms with van der Waals surface area (Å²) in [6, 6.07) is 6.12. The summed E-state index contributed by atoms with van der Waals surface area (Å²) in [7, 11) is 0. The van der Waals surface area contributed by atoms with Crippen molar-refractivity contribution in [3.8, 4) is 5.75 Å². The summed E-state index contributed by atoms with van der Waals surface area (Å²) < 4.78 is 5.60. The highest BCUT2D eigenvalue weighted by Gasteiger charge is 2.26. The highest BCUT2D eigenvalue weighted by Crippen LogP contribution is 2.28. The van der Waals surface area contributed by atoms with Crippen LogP contribution in [0.1, 0.15) is 33.1 Å². The van der Waals surface area contributed by atoms with Gasteiger partial charge in [-0.15, -0.1) is 0 Å². The van der Waals surface area contributed by atoms with E-state index >= 15 is 0 Å². The summed E-state index contributed by atoms with van der Waals surface area (Å²) in [5.74, 6) is 0.555. The fraction of sp³-hybridized carbons (Fsp3) is 0.625. The minimum Gasteiger partial charge on any atom is -0.489 e. The van der Waals surface area contributed by atoms with Gasteiger partial charge in [-0.2, -0.15) is 0 Å². The van der Waals surface area contributed by atoms with Gasteiger partial charge in [-0.05, 0) is 44.9 Å². The first-order valence-corrected chi connectivity index (χ1v) is 8.24. The Kier molecular flexibility index (Phi) is 6.18. The number of ether oxygens (including phenoxy) is 1. The molecule has 0 radical (unpaired) electrons. The molecule has 2 rings (SSSR count). The van der Waals surface area contributed by atoms with Gasteiger partial charge < -0.3 is 9.84 Å². The molecule has 0 unspecified atom stereocenters. The lowest BCUT2D eigenvalue weighted by molar-refractivity contribution is 0.0209. The van der Waals surface area contributed by atoms with Crippen molar-refractivity contribution >= 4 is 23.2 Å². The molecule has 0 bridgehead atoms. The van der Waals surface area contributed by atoms with Gasteiger partial charge in [0.25, 0.3) is 0 Å². The molecule has 1 aromatic carbocycles. The van der Waals surface area contributed by atoms with E-state index in [0.29, 0.717) is 34.4 Å². The SMILES string of the molecule is C[C@@H]1CCC[C@H](C)N1C[C@@H](O)COc1ccc(Cl)cc1Cl. The summed E-state index contributed by atoms with van der Waals surface area (Å²) in [6.07, 6.45) is 3.13. The molecule has 1 aliphatic rings. The van der Waals surface area contributed by atoms with Gasteiger partial charge in [0.05, 0.1) is 5.02 Å². The van der Waals surface area contributed by atoms with Crippen LogP contribution >= 0.6 is 23.2 Å². The van der Waals surface area contributed by atoms with Gasteiger partial charge in [-0.3, -0.25) is 4.90 Å². The van der Waals surface area contributed by atoms with Crippen molar-refractivity contribution < 1.29 is 9.84 Å². The van der Waals surface area contributed by atoms with Crippen LogP contribution in [0.4, 0.5) is 0 Å². The number of likely N-dealkylation sites (tertiary alicyclic amines) is 1. The van der Waals surface area contributed by atoms with Gasteiger partial charge in [0, 0.05) is 23.7 Å². The monoisotopic (exact) mass is 331 g/mol. The quantitative estimate of drug-likeness (QED) is 0.885. The summed E-state index contributed by atoms with van der Waals surface area (Å²) in [6.45, 7) is 5.31. The number of halogens is 2. The van der Waals surface area contributed by atoms with Crippen LogP contribution in [-0.2, 0) is 0 Å². The Balaban J connectivity index is 1.85. The Morgan fingerprint density at radius 1 is 1.29 bits per heavy atom. The second kappa shape index (κ2) is 7.68. The smallest absolute Gasteiger partial charge is 0.138 e. The van der Waals surface area contributed by atoms with Crippen LogP contribution < -0.4 is 4.74 Å². The maximum Gasteiger partial charge on any atom is 0.138 e.